The maximum absolute atomic E-state index is 12.4. The molecule has 0 amide bonds. The van der Waals surface area contributed by atoms with Crippen molar-refractivity contribution in [3.63, 3.8) is 0 Å². The van der Waals surface area contributed by atoms with Gasteiger partial charge in [0.15, 0.2) is 11.6 Å². The van der Waals surface area contributed by atoms with E-state index < -0.39 is 23.6 Å². The van der Waals surface area contributed by atoms with Crippen LogP contribution in [0.3, 0.4) is 0 Å². The fraction of sp³-hybridized carbons (Fsp3) is 0.136. The highest BCUT2D eigenvalue weighted by molar-refractivity contribution is 6.12. The SMILES string of the molecule is COc1ccc(/C=C\C(=O)CC(=O)c2cc3ccc(OC)cc3oc2=O)cc1. The van der Waals surface area contributed by atoms with Crippen molar-refractivity contribution in [1.29, 1.82) is 0 Å². The Morgan fingerprint density at radius 3 is 2.32 bits per heavy atom. The van der Waals surface area contributed by atoms with Crippen LogP contribution in [0.2, 0.25) is 0 Å². The highest BCUT2D eigenvalue weighted by atomic mass is 16.5. The number of carbonyl (C=O) groups excluding carboxylic acids is 2. The standard InChI is InChI=1S/C22H18O6/c1-26-17-8-4-14(5-9-17)3-7-16(23)12-20(24)19-11-15-6-10-18(27-2)13-21(15)28-22(19)25/h3-11,13H,12H2,1-2H3/b7-3-. The molecule has 2 aromatic carbocycles. The van der Waals surface area contributed by atoms with E-state index in [9.17, 15) is 14.4 Å². The van der Waals surface area contributed by atoms with Crippen molar-refractivity contribution >= 4 is 28.6 Å². The average Bonchev–Trinajstić information content (AvgIpc) is 2.71. The van der Waals surface area contributed by atoms with Crippen molar-refractivity contribution in [3.8, 4) is 11.5 Å². The number of methoxy groups -OCH3 is 2. The lowest BCUT2D eigenvalue weighted by atomic mass is 10.1. The van der Waals surface area contributed by atoms with Crippen molar-refractivity contribution in [3.05, 3.63) is 76.2 Å². The van der Waals surface area contributed by atoms with Crippen LogP contribution in [-0.4, -0.2) is 25.8 Å². The Morgan fingerprint density at radius 1 is 0.964 bits per heavy atom. The quantitative estimate of drug-likeness (QED) is 0.270. The zero-order valence-corrected chi connectivity index (χ0v) is 15.4. The maximum Gasteiger partial charge on any atom is 0.347 e. The summed E-state index contributed by atoms with van der Waals surface area (Å²) in [4.78, 5) is 36.6. The van der Waals surface area contributed by atoms with E-state index in [4.69, 9.17) is 13.9 Å². The van der Waals surface area contributed by atoms with Crippen LogP contribution in [0.25, 0.3) is 17.0 Å². The largest absolute Gasteiger partial charge is 0.497 e. The van der Waals surface area contributed by atoms with Gasteiger partial charge in [0, 0.05) is 11.5 Å². The van der Waals surface area contributed by atoms with Gasteiger partial charge >= 0.3 is 5.63 Å². The number of allylic oxidation sites excluding steroid dienone is 1. The molecule has 6 heteroatoms. The zero-order valence-electron chi connectivity index (χ0n) is 15.4. The Labute approximate surface area is 161 Å². The number of fused-ring (bicyclic) bond motifs is 1. The summed E-state index contributed by atoms with van der Waals surface area (Å²) in [6.07, 6.45) is 2.50. The van der Waals surface area contributed by atoms with E-state index in [0.717, 1.165) is 5.56 Å². The minimum absolute atomic E-state index is 0.149. The molecule has 1 heterocycles. The molecule has 0 unspecified atom stereocenters. The Bertz CT molecular complexity index is 1110. The van der Waals surface area contributed by atoms with Gasteiger partial charge in [0.25, 0.3) is 0 Å². The predicted octanol–water partition coefficient (Wildman–Crippen LogP) is 3.67. The fourth-order valence-electron chi connectivity index (χ4n) is 2.63. The number of ether oxygens (including phenoxy) is 2. The predicted molar refractivity (Wildman–Crippen MR) is 105 cm³/mol. The van der Waals surface area contributed by atoms with Gasteiger partial charge < -0.3 is 13.9 Å². The van der Waals surface area contributed by atoms with E-state index >= 15 is 0 Å². The molecular formula is C22H18O6. The van der Waals surface area contributed by atoms with Gasteiger partial charge in [-0.2, -0.15) is 0 Å². The van der Waals surface area contributed by atoms with E-state index in [0.29, 0.717) is 22.5 Å². The van der Waals surface area contributed by atoms with Gasteiger partial charge in [0.05, 0.1) is 20.6 Å². The molecular weight excluding hydrogens is 360 g/mol. The molecule has 0 spiro atoms. The van der Waals surface area contributed by atoms with Gasteiger partial charge in [0.2, 0.25) is 0 Å². The molecule has 0 bridgehead atoms. The molecule has 0 aliphatic heterocycles. The van der Waals surface area contributed by atoms with Gasteiger partial charge in [0.1, 0.15) is 22.6 Å². The van der Waals surface area contributed by atoms with Gasteiger partial charge in [-0.1, -0.05) is 18.2 Å². The Hall–Kier alpha value is -3.67. The van der Waals surface area contributed by atoms with Gasteiger partial charge in [-0.25, -0.2) is 4.79 Å². The van der Waals surface area contributed by atoms with Crippen LogP contribution >= 0.6 is 0 Å². The van der Waals surface area contributed by atoms with Crippen LogP contribution in [0, 0.1) is 0 Å². The third-order valence-electron chi connectivity index (χ3n) is 4.16. The minimum atomic E-state index is -0.780. The van der Waals surface area contributed by atoms with Gasteiger partial charge in [-0.15, -0.1) is 0 Å². The number of ketones is 2. The molecule has 3 rings (SSSR count). The first-order valence-corrected chi connectivity index (χ1v) is 8.50. The average molecular weight is 378 g/mol. The molecule has 0 saturated heterocycles. The first-order valence-electron chi connectivity index (χ1n) is 8.50. The summed E-state index contributed by atoms with van der Waals surface area (Å²) in [5.74, 6) is 0.249. The lowest BCUT2D eigenvalue weighted by Gasteiger charge is -2.03. The Kier molecular flexibility index (Phi) is 5.69. The summed E-state index contributed by atoms with van der Waals surface area (Å²) in [6, 6.07) is 13.5. The molecule has 142 valence electrons. The summed E-state index contributed by atoms with van der Waals surface area (Å²) in [7, 11) is 3.07. The first kappa shape index (κ1) is 19.1. The lowest BCUT2D eigenvalue weighted by Crippen LogP contribution is -2.16. The lowest BCUT2D eigenvalue weighted by molar-refractivity contribution is -0.113. The topological polar surface area (TPSA) is 82.8 Å². The van der Waals surface area contributed by atoms with Crippen molar-refractivity contribution in [2.24, 2.45) is 0 Å². The normalized spacial score (nSPS) is 10.9. The second-order valence-electron chi connectivity index (χ2n) is 6.02. The molecule has 0 radical (unpaired) electrons. The molecule has 1 aromatic heterocycles. The number of hydrogen-bond donors (Lipinski definition) is 0. The molecule has 0 aliphatic rings. The smallest absolute Gasteiger partial charge is 0.347 e. The highest BCUT2D eigenvalue weighted by Gasteiger charge is 2.16. The third kappa shape index (κ3) is 4.35. The van der Waals surface area contributed by atoms with Crippen LogP contribution in [0.15, 0.2) is 63.8 Å². The number of Topliss-reactive ketones (excluding diaryl/α,β-unsaturated/α-hetero) is 1. The first-order chi connectivity index (χ1) is 13.5. The van der Waals surface area contributed by atoms with Crippen LogP contribution < -0.4 is 15.1 Å². The van der Waals surface area contributed by atoms with E-state index in [1.165, 1.54) is 19.3 Å². The number of hydrogen-bond acceptors (Lipinski definition) is 6. The third-order valence-corrected chi connectivity index (χ3v) is 4.16. The van der Waals surface area contributed by atoms with E-state index in [-0.39, 0.29) is 5.56 Å². The van der Waals surface area contributed by atoms with Crippen molar-refractivity contribution in [1.82, 2.24) is 0 Å². The van der Waals surface area contributed by atoms with E-state index in [1.807, 2.05) is 0 Å². The minimum Gasteiger partial charge on any atom is -0.497 e. The molecule has 0 saturated carbocycles. The number of carbonyl (C=O) groups is 2. The zero-order chi connectivity index (χ0) is 20.1. The summed E-state index contributed by atoms with van der Waals surface area (Å²) in [6.45, 7) is 0. The fourth-order valence-corrected chi connectivity index (χ4v) is 2.63. The molecule has 0 atom stereocenters. The highest BCUT2D eigenvalue weighted by Crippen LogP contribution is 2.20. The Balaban J connectivity index is 1.74. The number of benzene rings is 2. The van der Waals surface area contributed by atoms with Gasteiger partial charge in [-0.3, -0.25) is 9.59 Å². The van der Waals surface area contributed by atoms with E-state index in [2.05, 4.69) is 0 Å². The van der Waals surface area contributed by atoms with Gasteiger partial charge in [-0.05, 0) is 42.0 Å². The van der Waals surface area contributed by atoms with Crippen LogP contribution in [0.4, 0.5) is 0 Å². The molecule has 3 aromatic rings. The molecule has 28 heavy (non-hydrogen) atoms. The van der Waals surface area contributed by atoms with Crippen LogP contribution in [0.5, 0.6) is 11.5 Å². The summed E-state index contributed by atoms with van der Waals surface area (Å²) < 4.78 is 15.3. The maximum atomic E-state index is 12.4. The van der Waals surface area contributed by atoms with Crippen molar-refractivity contribution in [2.45, 2.75) is 6.42 Å². The second kappa shape index (κ2) is 8.35. The summed E-state index contributed by atoms with van der Waals surface area (Å²) in [5, 5.41) is 0.574. The van der Waals surface area contributed by atoms with Crippen molar-refractivity contribution in [2.75, 3.05) is 14.2 Å². The van der Waals surface area contributed by atoms with Crippen molar-refractivity contribution < 1.29 is 23.5 Å². The van der Waals surface area contributed by atoms with Crippen LogP contribution in [0.1, 0.15) is 22.3 Å². The second-order valence-corrected chi connectivity index (χ2v) is 6.02. The summed E-state index contributed by atoms with van der Waals surface area (Å²) in [5.41, 5.74) is 0.175. The number of rotatable bonds is 7. The molecule has 0 fully saturated rings. The monoisotopic (exact) mass is 378 g/mol. The summed E-state index contributed by atoms with van der Waals surface area (Å²) >= 11 is 0. The molecule has 0 N–H and O–H groups in total. The van der Waals surface area contributed by atoms with E-state index in [1.54, 1.807) is 55.7 Å². The Morgan fingerprint density at radius 2 is 1.64 bits per heavy atom. The molecule has 6 nitrogen and oxygen atoms in total. The van der Waals surface area contributed by atoms with Crippen LogP contribution in [-0.2, 0) is 4.79 Å². The molecule has 0 aliphatic carbocycles.